The Kier molecular flexibility index (Phi) is 6.61. The summed E-state index contributed by atoms with van der Waals surface area (Å²) in [5.41, 5.74) is 1.93. The number of hydrogen-bond donors (Lipinski definition) is 3. The van der Waals surface area contributed by atoms with Crippen molar-refractivity contribution in [3.05, 3.63) is 0 Å². The SMILES string of the molecule is CNC(=O)CCN(C)C(=O)NOCC(=O)O. The number of rotatable bonds is 6. The number of carbonyl (C=O) groups excluding carboxylic acids is 2. The number of carbonyl (C=O) groups is 3. The minimum Gasteiger partial charge on any atom is -0.479 e. The van der Waals surface area contributed by atoms with Gasteiger partial charge in [-0.25, -0.2) is 15.1 Å². The van der Waals surface area contributed by atoms with Crippen molar-refractivity contribution in [1.29, 1.82) is 0 Å². The zero-order valence-electron chi connectivity index (χ0n) is 9.15. The fraction of sp³-hybridized carbons (Fsp3) is 0.625. The number of hydrogen-bond acceptors (Lipinski definition) is 4. The smallest absolute Gasteiger partial charge is 0.341 e. The van der Waals surface area contributed by atoms with E-state index >= 15 is 0 Å². The molecule has 0 aliphatic carbocycles. The van der Waals surface area contributed by atoms with Gasteiger partial charge >= 0.3 is 12.0 Å². The van der Waals surface area contributed by atoms with Gasteiger partial charge in [0.25, 0.3) is 0 Å². The van der Waals surface area contributed by atoms with E-state index in [1.165, 1.54) is 19.0 Å². The largest absolute Gasteiger partial charge is 0.479 e. The van der Waals surface area contributed by atoms with Crippen molar-refractivity contribution >= 4 is 17.9 Å². The Morgan fingerprint density at radius 2 is 2.00 bits per heavy atom. The Labute approximate surface area is 92.5 Å². The molecule has 0 fully saturated rings. The van der Waals surface area contributed by atoms with Gasteiger partial charge < -0.3 is 15.3 Å². The van der Waals surface area contributed by atoms with Gasteiger partial charge in [0.1, 0.15) is 0 Å². The number of nitrogens with one attached hydrogen (secondary N) is 2. The molecule has 0 unspecified atom stereocenters. The number of carboxylic acid groups (broad SMARTS) is 1. The summed E-state index contributed by atoms with van der Waals surface area (Å²) < 4.78 is 0. The molecule has 0 aromatic rings. The van der Waals surface area contributed by atoms with E-state index in [-0.39, 0.29) is 18.9 Å². The summed E-state index contributed by atoms with van der Waals surface area (Å²) >= 11 is 0. The monoisotopic (exact) mass is 233 g/mol. The van der Waals surface area contributed by atoms with E-state index < -0.39 is 18.6 Å². The third kappa shape index (κ3) is 6.60. The van der Waals surface area contributed by atoms with Gasteiger partial charge in [-0.1, -0.05) is 0 Å². The lowest BCUT2D eigenvalue weighted by molar-refractivity contribution is -0.144. The molecular weight excluding hydrogens is 218 g/mol. The molecule has 3 N–H and O–H groups in total. The van der Waals surface area contributed by atoms with E-state index in [1.54, 1.807) is 0 Å². The zero-order valence-corrected chi connectivity index (χ0v) is 9.15. The first-order valence-electron chi connectivity index (χ1n) is 4.52. The highest BCUT2D eigenvalue weighted by Gasteiger charge is 2.10. The van der Waals surface area contributed by atoms with E-state index in [0.29, 0.717) is 0 Å². The van der Waals surface area contributed by atoms with Gasteiger partial charge in [-0.3, -0.25) is 9.63 Å². The summed E-state index contributed by atoms with van der Waals surface area (Å²) in [7, 11) is 2.96. The van der Waals surface area contributed by atoms with Gasteiger partial charge in [0, 0.05) is 27.1 Å². The summed E-state index contributed by atoms with van der Waals surface area (Å²) in [6.07, 6.45) is 0.166. The predicted octanol–water partition coefficient (Wildman–Crippen LogP) is -1.22. The Bertz CT molecular complexity index is 268. The fourth-order valence-corrected chi connectivity index (χ4v) is 0.733. The fourth-order valence-electron chi connectivity index (χ4n) is 0.733. The van der Waals surface area contributed by atoms with Crippen LogP contribution in [0.15, 0.2) is 0 Å². The molecule has 8 heteroatoms. The molecule has 0 aromatic heterocycles. The zero-order chi connectivity index (χ0) is 12.6. The van der Waals surface area contributed by atoms with Crippen LogP contribution in [0.25, 0.3) is 0 Å². The summed E-state index contributed by atoms with van der Waals surface area (Å²) in [5.74, 6) is -1.38. The van der Waals surface area contributed by atoms with Crippen molar-refractivity contribution in [3.63, 3.8) is 0 Å². The van der Waals surface area contributed by atoms with Crippen molar-refractivity contribution in [2.24, 2.45) is 0 Å². The van der Waals surface area contributed by atoms with Gasteiger partial charge in [0.2, 0.25) is 5.91 Å². The van der Waals surface area contributed by atoms with Crippen LogP contribution in [0.4, 0.5) is 4.79 Å². The summed E-state index contributed by atoms with van der Waals surface area (Å²) in [6, 6.07) is -0.606. The summed E-state index contributed by atoms with van der Waals surface area (Å²) in [4.78, 5) is 37.7. The molecule has 8 nitrogen and oxygen atoms in total. The molecule has 0 spiro atoms. The molecule has 0 bridgehead atoms. The minimum atomic E-state index is -1.19. The Morgan fingerprint density at radius 3 is 2.50 bits per heavy atom. The molecular formula is C8H15N3O5. The first kappa shape index (κ1) is 14.2. The average molecular weight is 233 g/mol. The second kappa shape index (κ2) is 7.46. The number of urea groups is 1. The molecule has 0 saturated carbocycles. The second-order valence-electron chi connectivity index (χ2n) is 2.93. The lowest BCUT2D eigenvalue weighted by Gasteiger charge is -2.16. The third-order valence-electron chi connectivity index (χ3n) is 1.65. The number of carboxylic acids is 1. The first-order valence-corrected chi connectivity index (χ1v) is 4.52. The van der Waals surface area contributed by atoms with Crippen molar-refractivity contribution in [1.82, 2.24) is 15.7 Å². The maximum absolute atomic E-state index is 11.2. The predicted molar refractivity (Wildman–Crippen MR) is 53.4 cm³/mol. The van der Waals surface area contributed by atoms with Crippen LogP contribution < -0.4 is 10.8 Å². The molecule has 0 radical (unpaired) electrons. The average Bonchev–Trinajstić information content (AvgIpc) is 2.24. The summed E-state index contributed by atoms with van der Waals surface area (Å²) in [5, 5.41) is 10.6. The molecule has 0 heterocycles. The summed E-state index contributed by atoms with van der Waals surface area (Å²) in [6.45, 7) is -0.406. The highest BCUT2D eigenvalue weighted by molar-refractivity contribution is 5.77. The van der Waals surface area contributed by atoms with E-state index in [1.807, 2.05) is 5.48 Å². The van der Waals surface area contributed by atoms with Crippen LogP contribution in [-0.4, -0.2) is 55.2 Å². The van der Waals surface area contributed by atoms with Gasteiger partial charge in [-0.2, -0.15) is 0 Å². The van der Waals surface area contributed by atoms with Crippen LogP contribution in [0, 0.1) is 0 Å². The molecule has 16 heavy (non-hydrogen) atoms. The standard InChI is InChI=1S/C8H15N3O5/c1-9-6(12)3-4-11(2)8(15)10-16-5-7(13)14/h3-5H2,1-2H3,(H,9,12)(H,10,15)(H,13,14). The number of amides is 3. The van der Waals surface area contributed by atoms with Crippen molar-refractivity contribution in [2.45, 2.75) is 6.42 Å². The van der Waals surface area contributed by atoms with Gasteiger partial charge in [-0.05, 0) is 0 Å². The Hall–Kier alpha value is -1.83. The number of hydroxylamine groups is 1. The van der Waals surface area contributed by atoms with Crippen LogP contribution in [0.1, 0.15) is 6.42 Å². The van der Waals surface area contributed by atoms with Gasteiger partial charge in [0.15, 0.2) is 6.61 Å². The Balaban J connectivity index is 3.73. The molecule has 0 aromatic carbocycles. The molecule has 0 aliphatic heterocycles. The van der Waals surface area contributed by atoms with Crippen LogP contribution in [0.5, 0.6) is 0 Å². The molecule has 0 atom stereocenters. The highest BCUT2D eigenvalue weighted by Crippen LogP contribution is 1.88. The van der Waals surface area contributed by atoms with Crippen LogP contribution in [0.2, 0.25) is 0 Å². The van der Waals surface area contributed by atoms with Crippen molar-refractivity contribution in [3.8, 4) is 0 Å². The van der Waals surface area contributed by atoms with Gasteiger partial charge in [-0.15, -0.1) is 0 Å². The number of aliphatic carboxylic acids is 1. The third-order valence-corrected chi connectivity index (χ3v) is 1.65. The first-order chi connectivity index (χ1) is 7.47. The lowest BCUT2D eigenvalue weighted by atomic mass is 10.4. The quantitative estimate of drug-likeness (QED) is 0.498. The minimum absolute atomic E-state index is 0.166. The Morgan fingerprint density at radius 1 is 1.38 bits per heavy atom. The van der Waals surface area contributed by atoms with E-state index in [2.05, 4.69) is 10.2 Å². The molecule has 0 aliphatic rings. The van der Waals surface area contributed by atoms with Crippen LogP contribution in [0.3, 0.4) is 0 Å². The molecule has 3 amide bonds. The molecule has 0 saturated heterocycles. The van der Waals surface area contributed by atoms with Crippen molar-refractivity contribution in [2.75, 3.05) is 27.2 Å². The van der Waals surface area contributed by atoms with E-state index in [9.17, 15) is 14.4 Å². The van der Waals surface area contributed by atoms with Crippen LogP contribution >= 0.6 is 0 Å². The van der Waals surface area contributed by atoms with Crippen molar-refractivity contribution < 1.29 is 24.3 Å². The second-order valence-corrected chi connectivity index (χ2v) is 2.93. The number of nitrogens with zero attached hydrogens (tertiary/aromatic N) is 1. The maximum atomic E-state index is 11.2. The maximum Gasteiger partial charge on any atom is 0.341 e. The normalized spacial score (nSPS) is 9.38. The van der Waals surface area contributed by atoms with Gasteiger partial charge in [0.05, 0.1) is 0 Å². The van der Waals surface area contributed by atoms with E-state index in [4.69, 9.17) is 5.11 Å². The van der Waals surface area contributed by atoms with E-state index in [0.717, 1.165) is 0 Å². The highest BCUT2D eigenvalue weighted by atomic mass is 16.7. The molecule has 92 valence electrons. The topological polar surface area (TPSA) is 108 Å². The molecule has 0 rings (SSSR count). The van der Waals surface area contributed by atoms with Crippen LogP contribution in [-0.2, 0) is 14.4 Å². The lowest BCUT2D eigenvalue weighted by Crippen LogP contribution is -2.39.